The largest absolute Gasteiger partial charge is 0.328 e. The van der Waals surface area contributed by atoms with Gasteiger partial charge in [0.15, 0.2) is 6.29 Å². The second-order valence-electron chi connectivity index (χ2n) is 8.27. The van der Waals surface area contributed by atoms with E-state index >= 15 is 0 Å². The Bertz CT molecular complexity index is 872. The van der Waals surface area contributed by atoms with Crippen molar-refractivity contribution >= 4 is 6.29 Å². The molecule has 0 bridgehead atoms. The highest BCUT2D eigenvalue weighted by Gasteiger charge is 2.37. The number of H-pyrrole nitrogens is 1. The molecule has 126 valence electrons. The van der Waals surface area contributed by atoms with E-state index in [0.29, 0.717) is 11.1 Å². The molecule has 1 aliphatic rings. The van der Waals surface area contributed by atoms with Crippen LogP contribution in [0.4, 0.5) is 0 Å². The lowest BCUT2D eigenvalue weighted by Gasteiger charge is -2.42. The van der Waals surface area contributed by atoms with Crippen molar-refractivity contribution in [3.63, 3.8) is 0 Å². The highest BCUT2D eigenvalue weighted by Crippen LogP contribution is 2.47. The molecule has 0 radical (unpaired) electrons. The molecular weight excluding hydrogens is 298 g/mol. The maximum atomic E-state index is 12.3. The summed E-state index contributed by atoms with van der Waals surface area (Å²) in [4.78, 5) is 26.1. The Morgan fingerprint density at radius 2 is 1.54 bits per heavy atom. The summed E-state index contributed by atoms with van der Waals surface area (Å²) in [6, 6.07) is 6.09. The van der Waals surface area contributed by atoms with E-state index in [1.807, 2.05) is 6.92 Å². The van der Waals surface area contributed by atoms with Crippen molar-refractivity contribution < 1.29 is 4.79 Å². The SMILES string of the molecule is Cc1cc2c(cc1-c1cc(C=O)c[nH]c1=O)C(C)(C)CCC2(C)C. The van der Waals surface area contributed by atoms with Gasteiger partial charge in [0, 0.05) is 17.3 Å². The molecule has 0 amide bonds. The van der Waals surface area contributed by atoms with Crippen LogP contribution in [0.5, 0.6) is 0 Å². The van der Waals surface area contributed by atoms with Gasteiger partial charge in [-0.15, -0.1) is 0 Å². The number of carbonyl (C=O) groups is 1. The minimum atomic E-state index is -0.156. The van der Waals surface area contributed by atoms with Crippen LogP contribution >= 0.6 is 0 Å². The van der Waals surface area contributed by atoms with Crippen molar-refractivity contribution in [2.75, 3.05) is 0 Å². The van der Waals surface area contributed by atoms with Crippen molar-refractivity contribution in [3.8, 4) is 11.1 Å². The number of carbonyl (C=O) groups excluding carboxylic acids is 1. The molecule has 1 aromatic heterocycles. The summed E-state index contributed by atoms with van der Waals surface area (Å²) in [5, 5.41) is 0. The molecule has 24 heavy (non-hydrogen) atoms. The molecule has 0 saturated carbocycles. The third kappa shape index (κ3) is 2.62. The van der Waals surface area contributed by atoms with Gasteiger partial charge < -0.3 is 4.98 Å². The molecule has 3 rings (SSSR count). The van der Waals surface area contributed by atoms with Gasteiger partial charge in [-0.1, -0.05) is 33.8 Å². The van der Waals surface area contributed by atoms with Gasteiger partial charge in [0.1, 0.15) is 0 Å². The maximum Gasteiger partial charge on any atom is 0.255 e. The molecule has 3 heteroatoms. The summed E-state index contributed by atoms with van der Waals surface area (Å²) in [5.41, 5.74) is 5.82. The van der Waals surface area contributed by atoms with Crippen molar-refractivity contribution in [1.82, 2.24) is 4.98 Å². The quantitative estimate of drug-likeness (QED) is 0.827. The van der Waals surface area contributed by atoms with Crippen LogP contribution in [0.3, 0.4) is 0 Å². The molecule has 0 fully saturated rings. The third-order valence-electron chi connectivity index (χ3n) is 5.55. The lowest BCUT2D eigenvalue weighted by molar-refractivity contribution is 0.112. The molecule has 0 atom stereocenters. The zero-order valence-corrected chi connectivity index (χ0v) is 15.1. The Kier molecular flexibility index (Phi) is 3.78. The fourth-order valence-corrected chi connectivity index (χ4v) is 3.78. The van der Waals surface area contributed by atoms with Crippen LogP contribution in [-0.4, -0.2) is 11.3 Å². The fourth-order valence-electron chi connectivity index (χ4n) is 3.78. The average molecular weight is 323 g/mol. The van der Waals surface area contributed by atoms with E-state index in [4.69, 9.17) is 0 Å². The fraction of sp³-hybridized carbons (Fsp3) is 0.429. The summed E-state index contributed by atoms with van der Waals surface area (Å²) in [5.74, 6) is 0. The van der Waals surface area contributed by atoms with Crippen LogP contribution in [0.25, 0.3) is 11.1 Å². The van der Waals surface area contributed by atoms with Gasteiger partial charge in [0.2, 0.25) is 0 Å². The molecule has 0 saturated heterocycles. The monoisotopic (exact) mass is 323 g/mol. The van der Waals surface area contributed by atoms with E-state index < -0.39 is 0 Å². The zero-order valence-electron chi connectivity index (χ0n) is 15.1. The van der Waals surface area contributed by atoms with E-state index in [2.05, 4.69) is 44.8 Å². The number of hydrogen-bond acceptors (Lipinski definition) is 2. The molecular formula is C21H25NO2. The van der Waals surface area contributed by atoms with Crippen molar-refractivity contribution in [2.24, 2.45) is 0 Å². The number of rotatable bonds is 2. The number of nitrogens with one attached hydrogen (secondary N) is 1. The lowest BCUT2D eigenvalue weighted by Crippen LogP contribution is -2.34. The van der Waals surface area contributed by atoms with E-state index in [9.17, 15) is 9.59 Å². The maximum absolute atomic E-state index is 12.3. The van der Waals surface area contributed by atoms with Gasteiger partial charge >= 0.3 is 0 Å². The number of aldehydes is 1. The highest BCUT2D eigenvalue weighted by molar-refractivity contribution is 5.79. The predicted octanol–water partition coefficient (Wildman–Crippen LogP) is 4.51. The number of fused-ring (bicyclic) bond motifs is 1. The van der Waals surface area contributed by atoms with E-state index in [1.165, 1.54) is 17.3 Å². The zero-order chi connectivity index (χ0) is 17.7. The summed E-state index contributed by atoms with van der Waals surface area (Å²) >= 11 is 0. The van der Waals surface area contributed by atoms with E-state index in [-0.39, 0.29) is 16.4 Å². The molecule has 1 aromatic carbocycles. The topological polar surface area (TPSA) is 49.9 Å². The van der Waals surface area contributed by atoms with Gasteiger partial charge in [0.05, 0.1) is 0 Å². The standard InChI is InChI=1S/C21H25NO2/c1-13-8-17-18(21(4,5)7-6-20(17,2)3)10-15(13)16-9-14(12-23)11-22-19(16)24/h8-12H,6-7H2,1-5H3,(H,22,24). The van der Waals surface area contributed by atoms with Crippen molar-refractivity contribution in [1.29, 1.82) is 0 Å². The molecule has 0 unspecified atom stereocenters. The predicted molar refractivity (Wildman–Crippen MR) is 97.9 cm³/mol. The Hall–Kier alpha value is -2.16. The first-order chi connectivity index (χ1) is 11.2. The third-order valence-corrected chi connectivity index (χ3v) is 5.55. The van der Waals surface area contributed by atoms with E-state index in [0.717, 1.165) is 30.3 Å². The molecule has 2 aromatic rings. The second kappa shape index (κ2) is 5.44. The first-order valence-corrected chi connectivity index (χ1v) is 8.50. The molecule has 0 aliphatic heterocycles. The summed E-state index contributed by atoms with van der Waals surface area (Å²) in [6.07, 6.45) is 4.51. The number of pyridine rings is 1. The van der Waals surface area contributed by atoms with Gasteiger partial charge in [-0.3, -0.25) is 9.59 Å². The van der Waals surface area contributed by atoms with Crippen LogP contribution in [-0.2, 0) is 10.8 Å². The average Bonchev–Trinajstić information content (AvgIpc) is 2.52. The summed E-state index contributed by atoms with van der Waals surface area (Å²) in [7, 11) is 0. The lowest BCUT2D eigenvalue weighted by atomic mass is 9.62. The Balaban J connectivity index is 2.30. The van der Waals surface area contributed by atoms with Gasteiger partial charge in [-0.05, 0) is 65.0 Å². The van der Waals surface area contributed by atoms with Gasteiger partial charge in [-0.25, -0.2) is 0 Å². The Labute approximate surface area is 143 Å². The Morgan fingerprint density at radius 3 is 2.12 bits per heavy atom. The molecule has 3 nitrogen and oxygen atoms in total. The second-order valence-corrected chi connectivity index (χ2v) is 8.27. The first kappa shape index (κ1) is 16.7. The summed E-state index contributed by atoms with van der Waals surface area (Å²) in [6.45, 7) is 11.2. The molecule has 1 aliphatic carbocycles. The van der Waals surface area contributed by atoms with Crippen LogP contribution < -0.4 is 5.56 Å². The minimum Gasteiger partial charge on any atom is -0.328 e. The van der Waals surface area contributed by atoms with Gasteiger partial charge in [-0.2, -0.15) is 0 Å². The first-order valence-electron chi connectivity index (χ1n) is 8.50. The highest BCUT2D eigenvalue weighted by atomic mass is 16.1. The number of aryl methyl sites for hydroxylation is 1. The minimum absolute atomic E-state index is 0.0856. The van der Waals surface area contributed by atoms with Crippen molar-refractivity contribution in [2.45, 2.75) is 58.3 Å². The van der Waals surface area contributed by atoms with Gasteiger partial charge in [0.25, 0.3) is 5.56 Å². The molecule has 0 spiro atoms. The molecule has 1 heterocycles. The van der Waals surface area contributed by atoms with Crippen molar-refractivity contribution in [3.05, 3.63) is 57.0 Å². The number of benzene rings is 1. The number of aromatic nitrogens is 1. The summed E-state index contributed by atoms with van der Waals surface area (Å²) < 4.78 is 0. The van der Waals surface area contributed by atoms with E-state index in [1.54, 1.807) is 6.07 Å². The smallest absolute Gasteiger partial charge is 0.255 e. The molecule has 1 N–H and O–H groups in total. The number of hydrogen-bond donors (Lipinski definition) is 1. The van der Waals surface area contributed by atoms with Crippen LogP contribution in [0.1, 0.15) is 67.6 Å². The number of aromatic amines is 1. The van der Waals surface area contributed by atoms with Crippen LogP contribution in [0.2, 0.25) is 0 Å². The van der Waals surface area contributed by atoms with Crippen LogP contribution in [0.15, 0.2) is 29.2 Å². The normalized spacial score (nSPS) is 18.0. The Morgan fingerprint density at radius 1 is 0.958 bits per heavy atom. The van der Waals surface area contributed by atoms with Crippen LogP contribution in [0, 0.1) is 6.92 Å².